The minimum Gasteiger partial charge on any atom is -0.378 e. The summed E-state index contributed by atoms with van der Waals surface area (Å²) in [5, 5.41) is 1.13. The van der Waals surface area contributed by atoms with E-state index in [-0.39, 0.29) is 0 Å². The highest BCUT2D eigenvalue weighted by molar-refractivity contribution is 5.80. The van der Waals surface area contributed by atoms with Crippen LogP contribution < -0.4 is 4.90 Å². The molecule has 1 heterocycles. The molecule has 0 fully saturated rings. The molecule has 2 nitrogen and oxygen atoms in total. The number of anilines is 1. The fourth-order valence-corrected chi connectivity index (χ4v) is 2.29. The van der Waals surface area contributed by atoms with E-state index >= 15 is 0 Å². The SMILES string of the molecule is Cc1ccc2cc(C#Cc3ccc(N(C)C)cc3)ccc2n1. The zero-order valence-corrected chi connectivity index (χ0v) is 13.1. The minimum atomic E-state index is 1.01. The Kier molecular flexibility index (Phi) is 3.80. The molecule has 0 aliphatic heterocycles. The van der Waals surface area contributed by atoms with Crippen LogP contribution in [0.3, 0.4) is 0 Å². The molecule has 0 radical (unpaired) electrons. The minimum absolute atomic E-state index is 1.01. The Morgan fingerprint density at radius 2 is 1.50 bits per heavy atom. The highest BCUT2D eigenvalue weighted by Gasteiger charge is 1.97. The van der Waals surface area contributed by atoms with Crippen molar-refractivity contribution in [1.82, 2.24) is 4.98 Å². The van der Waals surface area contributed by atoms with Crippen LogP contribution in [0.2, 0.25) is 0 Å². The van der Waals surface area contributed by atoms with Gasteiger partial charge in [0.05, 0.1) is 5.52 Å². The summed E-state index contributed by atoms with van der Waals surface area (Å²) < 4.78 is 0. The van der Waals surface area contributed by atoms with Gasteiger partial charge in [-0.2, -0.15) is 0 Å². The van der Waals surface area contributed by atoms with Crippen LogP contribution in [0.1, 0.15) is 16.8 Å². The lowest BCUT2D eigenvalue weighted by Crippen LogP contribution is -2.07. The number of fused-ring (bicyclic) bond motifs is 1. The molecule has 2 heteroatoms. The summed E-state index contributed by atoms with van der Waals surface area (Å²) in [7, 11) is 4.07. The third-order valence-corrected chi connectivity index (χ3v) is 3.56. The fourth-order valence-electron chi connectivity index (χ4n) is 2.29. The molecule has 2 aromatic carbocycles. The van der Waals surface area contributed by atoms with Crippen molar-refractivity contribution in [2.45, 2.75) is 6.92 Å². The topological polar surface area (TPSA) is 16.1 Å². The van der Waals surface area contributed by atoms with E-state index in [4.69, 9.17) is 0 Å². The molecule has 0 atom stereocenters. The van der Waals surface area contributed by atoms with Gasteiger partial charge in [0.15, 0.2) is 0 Å². The first-order valence-electron chi connectivity index (χ1n) is 7.29. The molecule has 1 aromatic heterocycles. The standard InChI is InChI=1S/C20H18N2/c1-15-4-10-18-14-17(9-13-20(18)21-15)6-5-16-7-11-19(12-8-16)22(2)3/h4,7-14H,1-3H3. The quantitative estimate of drug-likeness (QED) is 0.628. The Bertz CT molecular complexity index is 866. The first-order chi connectivity index (χ1) is 10.6. The molecule has 0 saturated heterocycles. The first-order valence-corrected chi connectivity index (χ1v) is 7.29. The number of nitrogens with zero attached hydrogens (tertiary/aromatic N) is 2. The van der Waals surface area contributed by atoms with Crippen molar-refractivity contribution in [2.75, 3.05) is 19.0 Å². The van der Waals surface area contributed by atoms with Crippen LogP contribution in [0.25, 0.3) is 10.9 Å². The van der Waals surface area contributed by atoms with Crippen molar-refractivity contribution in [1.29, 1.82) is 0 Å². The monoisotopic (exact) mass is 286 g/mol. The highest BCUT2D eigenvalue weighted by Crippen LogP contribution is 2.15. The summed E-state index contributed by atoms with van der Waals surface area (Å²) >= 11 is 0. The second-order valence-corrected chi connectivity index (χ2v) is 5.55. The van der Waals surface area contributed by atoms with Gasteiger partial charge in [-0.3, -0.25) is 4.98 Å². The van der Waals surface area contributed by atoms with Gasteiger partial charge < -0.3 is 4.90 Å². The zero-order chi connectivity index (χ0) is 15.5. The third kappa shape index (κ3) is 3.10. The largest absolute Gasteiger partial charge is 0.378 e. The third-order valence-electron chi connectivity index (χ3n) is 3.56. The van der Waals surface area contributed by atoms with E-state index in [0.717, 1.165) is 27.7 Å². The van der Waals surface area contributed by atoms with Gasteiger partial charge >= 0.3 is 0 Å². The van der Waals surface area contributed by atoms with E-state index in [1.54, 1.807) is 0 Å². The maximum absolute atomic E-state index is 4.51. The van der Waals surface area contributed by atoms with Crippen molar-refractivity contribution in [3.63, 3.8) is 0 Å². The van der Waals surface area contributed by atoms with Crippen LogP contribution in [0.15, 0.2) is 54.6 Å². The normalized spacial score (nSPS) is 10.1. The van der Waals surface area contributed by atoms with Crippen molar-refractivity contribution < 1.29 is 0 Å². The molecule has 0 unspecified atom stereocenters. The summed E-state index contributed by atoms with van der Waals surface area (Å²) in [6.07, 6.45) is 0. The van der Waals surface area contributed by atoms with Crippen molar-refractivity contribution in [3.8, 4) is 11.8 Å². The number of rotatable bonds is 1. The van der Waals surface area contributed by atoms with Crippen molar-refractivity contribution in [3.05, 3.63) is 71.4 Å². The van der Waals surface area contributed by atoms with Crippen LogP contribution in [0.5, 0.6) is 0 Å². The van der Waals surface area contributed by atoms with Crippen molar-refractivity contribution in [2.24, 2.45) is 0 Å². The molecule has 3 rings (SSSR count). The zero-order valence-electron chi connectivity index (χ0n) is 13.1. The van der Waals surface area contributed by atoms with Gasteiger partial charge in [0.2, 0.25) is 0 Å². The molecule has 0 aliphatic rings. The van der Waals surface area contributed by atoms with Crippen LogP contribution in [0.4, 0.5) is 5.69 Å². The number of pyridine rings is 1. The number of hydrogen-bond donors (Lipinski definition) is 0. The fraction of sp³-hybridized carbons (Fsp3) is 0.150. The molecule has 0 N–H and O–H groups in total. The average Bonchev–Trinajstić information content (AvgIpc) is 2.53. The van der Waals surface area contributed by atoms with Gasteiger partial charge in [0.25, 0.3) is 0 Å². The molecule has 0 aliphatic carbocycles. The van der Waals surface area contributed by atoms with E-state index in [9.17, 15) is 0 Å². The molecular weight excluding hydrogens is 268 g/mol. The highest BCUT2D eigenvalue weighted by atomic mass is 15.1. The number of hydrogen-bond acceptors (Lipinski definition) is 2. The molecule has 108 valence electrons. The molecular formula is C20H18N2. The Morgan fingerprint density at radius 3 is 2.23 bits per heavy atom. The molecule has 0 bridgehead atoms. The summed E-state index contributed by atoms with van der Waals surface area (Å²) in [6.45, 7) is 2.00. The smallest absolute Gasteiger partial charge is 0.0706 e. The van der Waals surface area contributed by atoms with Gasteiger partial charge in [-0.1, -0.05) is 17.9 Å². The number of aromatic nitrogens is 1. The first kappa shape index (κ1) is 14.2. The Labute approximate surface area is 131 Å². The Hall–Kier alpha value is -2.79. The second kappa shape index (κ2) is 5.91. The predicted octanol–water partition coefficient (Wildman–Crippen LogP) is 4.01. The van der Waals surface area contributed by atoms with Gasteiger partial charge in [-0.05, 0) is 55.5 Å². The maximum Gasteiger partial charge on any atom is 0.0706 e. The summed E-state index contributed by atoms with van der Waals surface area (Å²) in [5.41, 5.74) is 5.26. The van der Waals surface area contributed by atoms with E-state index in [0.29, 0.717) is 0 Å². The maximum atomic E-state index is 4.51. The average molecular weight is 286 g/mol. The molecule has 0 saturated carbocycles. The van der Waals surface area contributed by atoms with E-state index in [1.165, 1.54) is 5.69 Å². The molecule has 22 heavy (non-hydrogen) atoms. The molecule has 0 spiro atoms. The summed E-state index contributed by atoms with van der Waals surface area (Å²) in [6, 6.07) is 18.5. The lowest BCUT2D eigenvalue weighted by molar-refractivity contribution is 1.13. The van der Waals surface area contributed by atoms with Gasteiger partial charge in [0, 0.05) is 42.0 Å². The summed E-state index contributed by atoms with van der Waals surface area (Å²) in [5.74, 6) is 6.44. The van der Waals surface area contributed by atoms with E-state index in [2.05, 4.69) is 46.0 Å². The van der Waals surface area contributed by atoms with Crippen LogP contribution in [0, 0.1) is 18.8 Å². The van der Waals surface area contributed by atoms with Crippen LogP contribution in [-0.4, -0.2) is 19.1 Å². The Balaban J connectivity index is 1.88. The lowest BCUT2D eigenvalue weighted by atomic mass is 10.1. The Morgan fingerprint density at radius 1 is 0.818 bits per heavy atom. The number of aryl methyl sites for hydroxylation is 1. The van der Waals surface area contributed by atoms with E-state index in [1.807, 2.05) is 51.4 Å². The van der Waals surface area contributed by atoms with E-state index < -0.39 is 0 Å². The van der Waals surface area contributed by atoms with Gasteiger partial charge in [-0.25, -0.2) is 0 Å². The van der Waals surface area contributed by atoms with Gasteiger partial charge in [-0.15, -0.1) is 0 Å². The number of benzene rings is 2. The van der Waals surface area contributed by atoms with Crippen molar-refractivity contribution >= 4 is 16.6 Å². The van der Waals surface area contributed by atoms with Gasteiger partial charge in [0.1, 0.15) is 0 Å². The second-order valence-electron chi connectivity index (χ2n) is 5.55. The van der Waals surface area contributed by atoms with Crippen LogP contribution >= 0.6 is 0 Å². The lowest BCUT2D eigenvalue weighted by Gasteiger charge is -2.11. The molecule has 0 amide bonds. The predicted molar refractivity (Wildman–Crippen MR) is 93.2 cm³/mol. The molecule has 3 aromatic rings. The van der Waals surface area contributed by atoms with Crippen LogP contribution in [-0.2, 0) is 0 Å². The summed E-state index contributed by atoms with van der Waals surface area (Å²) in [4.78, 5) is 6.59.